The van der Waals surface area contributed by atoms with Crippen molar-refractivity contribution in [2.24, 2.45) is 0 Å². The predicted molar refractivity (Wildman–Crippen MR) is 88.7 cm³/mol. The van der Waals surface area contributed by atoms with Crippen molar-refractivity contribution in [1.82, 2.24) is 15.0 Å². The lowest BCUT2D eigenvalue weighted by atomic mass is 10.1. The first kappa shape index (κ1) is 14.8. The Bertz CT molecular complexity index is 894. The molecule has 0 aliphatic heterocycles. The minimum absolute atomic E-state index is 0.0682. The second-order valence-corrected chi connectivity index (χ2v) is 5.37. The van der Waals surface area contributed by atoms with Crippen molar-refractivity contribution in [3.05, 3.63) is 54.1 Å². The van der Waals surface area contributed by atoms with Crippen molar-refractivity contribution in [3.63, 3.8) is 0 Å². The van der Waals surface area contributed by atoms with E-state index in [9.17, 15) is 9.90 Å². The lowest BCUT2D eigenvalue weighted by Gasteiger charge is -2.11. The molecule has 0 unspecified atom stereocenters. The molecule has 0 radical (unpaired) electrons. The van der Waals surface area contributed by atoms with E-state index in [0.29, 0.717) is 22.5 Å². The number of aryl methyl sites for hydroxylation is 1. The van der Waals surface area contributed by atoms with Gasteiger partial charge < -0.3 is 10.4 Å². The number of phenols is 1. The summed E-state index contributed by atoms with van der Waals surface area (Å²) in [5, 5.41) is 21.8. The van der Waals surface area contributed by atoms with Gasteiger partial charge in [-0.1, -0.05) is 18.7 Å². The molecule has 0 atom stereocenters. The number of hydrogen-bond acceptors (Lipinski definition) is 4. The molecule has 116 valence electrons. The topological polar surface area (TPSA) is 80.0 Å². The molecular formula is C17H16N4O2. The maximum Gasteiger partial charge on any atom is 0.250 e. The lowest BCUT2D eigenvalue weighted by molar-refractivity contribution is -0.112. The highest BCUT2D eigenvalue weighted by Gasteiger charge is 2.13. The van der Waals surface area contributed by atoms with Gasteiger partial charge in [-0.05, 0) is 43.7 Å². The summed E-state index contributed by atoms with van der Waals surface area (Å²) < 4.78 is 0. The molecule has 2 N–H and O–H groups in total. The second-order valence-electron chi connectivity index (χ2n) is 5.37. The van der Waals surface area contributed by atoms with Gasteiger partial charge >= 0.3 is 0 Å². The van der Waals surface area contributed by atoms with E-state index in [0.717, 1.165) is 11.0 Å². The molecule has 1 amide bonds. The number of amides is 1. The molecule has 0 fully saturated rings. The molecule has 0 bridgehead atoms. The summed E-state index contributed by atoms with van der Waals surface area (Å²) in [5.74, 6) is -0.210. The van der Waals surface area contributed by atoms with Gasteiger partial charge in [0, 0.05) is 11.3 Å². The van der Waals surface area contributed by atoms with Gasteiger partial charge in [0.2, 0.25) is 0 Å². The molecule has 6 heteroatoms. The zero-order chi connectivity index (χ0) is 16.6. The number of aromatic hydroxyl groups is 1. The Morgan fingerprint density at radius 2 is 1.83 bits per heavy atom. The molecule has 6 nitrogen and oxygen atoms in total. The maximum atomic E-state index is 11.8. The largest absolute Gasteiger partial charge is 0.505 e. The quantitative estimate of drug-likeness (QED) is 0.576. The van der Waals surface area contributed by atoms with Gasteiger partial charge in [0.1, 0.15) is 22.5 Å². The van der Waals surface area contributed by atoms with Crippen LogP contribution < -0.4 is 5.32 Å². The smallest absolute Gasteiger partial charge is 0.250 e. The normalized spacial score (nSPS) is 10.7. The highest BCUT2D eigenvalue weighted by atomic mass is 16.3. The van der Waals surface area contributed by atoms with E-state index in [2.05, 4.69) is 22.1 Å². The summed E-state index contributed by atoms with van der Waals surface area (Å²) in [5.41, 5.74) is 3.41. The number of benzene rings is 2. The third-order valence-corrected chi connectivity index (χ3v) is 3.43. The van der Waals surface area contributed by atoms with Crippen LogP contribution in [0.5, 0.6) is 5.75 Å². The van der Waals surface area contributed by atoms with Gasteiger partial charge in [-0.2, -0.15) is 0 Å². The van der Waals surface area contributed by atoms with E-state index < -0.39 is 0 Å². The van der Waals surface area contributed by atoms with Crippen LogP contribution in [-0.4, -0.2) is 26.0 Å². The first-order chi connectivity index (χ1) is 11.0. The predicted octanol–water partition coefficient (Wildman–Crippen LogP) is 2.95. The number of carbonyl (C=O) groups is 1. The number of rotatable bonds is 3. The van der Waals surface area contributed by atoms with E-state index in [1.165, 1.54) is 4.80 Å². The van der Waals surface area contributed by atoms with Crippen molar-refractivity contribution in [2.75, 3.05) is 5.32 Å². The highest BCUT2D eigenvalue weighted by molar-refractivity contribution is 6.03. The Hall–Kier alpha value is -3.15. The first-order valence-corrected chi connectivity index (χ1v) is 7.08. The van der Waals surface area contributed by atoms with Gasteiger partial charge in [0.05, 0.1) is 0 Å². The second kappa shape index (κ2) is 5.57. The Kier molecular flexibility index (Phi) is 3.57. The Labute approximate surface area is 133 Å². The molecule has 1 aromatic heterocycles. The number of anilines is 1. The molecule has 3 aromatic rings. The van der Waals surface area contributed by atoms with Gasteiger partial charge in [0.25, 0.3) is 5.91 Å². The SMILES string of the molecule is C=C(C)C(=O)Nc1cc(C)c(O)c(-n2nc3ccccc3n2)c1. The molecule has 0 spiro atoms. The van der Waals surface area contributed by atoms with Crippen molar-refractivity contribution in [3.8, 4) is 11.4 Å². The van der Waals surface area contributed by atoms with Gasteiger partial charge in [0.15, 0.2) is 0 Å². The molecule has 0 aliphatic carbocycles. The van der Waals surface area contributed by atoms with Crippen LogP contribution in [0.2, 0.25) is 0 Å². The average molecular weight is 308 g/mol. The van der Waals surface area contributed by atoms with Crippen molar-refractivity contribution in [2.45, 2.75) is 13.8 Å². The van der Waals surface area contributed by atoms with Crippen LogP contribution in [0.1, 0.15) is 12.5 Å². The van der Waals surface area contributed by atoms with E-state index in [4.69, 9.17) is 0 Å². The summed E-state index contributed by atoms with van der Waals surface area (Å²) in [6.07, 6.45) is 0. The average Bonchev–Trinajstić information content (AvgIpc) is 2.94. The number of phenolic OH excluding ortho intramolecular Hbond substituents is 1. The van der Waals surface area contributed by atoms with Crippen LogP contribution in [0.3, 0.4) is 0 Å². The minimum atomic E-state index is -0.278. The fourth-order valence-electron chi connectivity index (χ4n) is 2.19. The van der Waals surface area contributed by atoms with Crippen molar-refractivity contribution in [1.29, 1.82) is 0 Å². The van der Waals surface area contributed by atoms with Crippen LogP contribution in [0.4, 0.5) is 5.69 Å². The number of nitrogens with zero attached hydrogens (tertiary/aromatic N) is 3. The fraction of sp³-hybridized carbons (Fsp3) is 0.118. The van der Waals surface area contributed by atoms with Crippen molar-refractivity contribution >= 4 is 22.6 Å². The molecule has 0 saturated heterocycles. The standard InChI is InChI=1S/C17H16N4O2/c1-10(2)17(23)18-12-8-11(3)16(22)15(9-12)21-19-13-6-4-5-7-14(13)20-21/h4-9,22H,1H2,2-3H3,(H,18,23). The molecule has 3 rings (SSSR count). The van der Waals surface area contributed by atoms with Crippen molar-refractivity contribution < 1.29 is 9.90 Å². The van der Waals surface area contributed by atoms with Gasteiger partial charge in [-0.15, -0.1) is 15.0 Å². The molecule has 23 heavy (non-hydrogen) atoms. The van der Waals surface area contributed by atoms with Crippen LogP contribution in [0.25, 0.3) is 16.7 Å². The lowest BCUT2D eigenvalue weighted by Crippen LogP contribution is -2.12. The summed E-state index contributed by atoms with van der Waals surface area (Å²) in [7, 11) is 0. The van der Waals surface area contributed by atoms with Crippen LogP contribution in [0.15, 0.2) is 48.6 Å². The summed E-state index contributed by atoms with van der Waals surface area (Å²) in [4.78, 5) is 13.2. The number of aromatic nitrogens is 3. The molecule has 2 aromatic carbocycles. The minimum Gasteiger partial charge on any atom is -0.505 e. The molecule has 1 heterocycles. The van der Waals surface area contributed by atoms with Crippen LogP contribution in [-0.2, 0) is 4.79 Å². The zero-order valence-corrected chi connectivity index (χ0v) is 12.9. The van der Waals surface area contributed by atoms with Gasteiger partial charge in [-0.25, -0.2) is 0 Å². The number of hydrogen-bond donors (Lipinski definition) is 2. The monoisotopic (exact) mass is 308 g/mol. The Morgan fingerprint density at radius 3 is 2.39 bits per heavy atom. The van der Waals surface area contributed by atoms with Crippen LogP contribution >= 0.6 is 0 Å². The maximum absolute atomic E-state index is 11.8. The Balaban J connectivity index is 2.09. The van der Waals surface area contributed by atoms with Crippen LogP contribution in [0, 0.1) is 6.92 Å². The van der Waals surface area contributed by atoms with E-state index in [1.807, 2.05) is 24.3 Å². The number of nitrogens with one attached hydrogen (secondary N) is 1. The number of fused-ring (bicyclic) bond motifs is 1. The third-order valence-electron chi connectivity index (χ3n) is 3.43. The van der Waals surface area contributed by atoms with E-state index in [1.54, 1.807) is 26.0 Å². The highest BCUT2D eigenvalue weighted by Crippen LogP contribution is 2.29. The van der Waals surface area contributed by atoms with Gasteiger partial charge in [-0.3, -0.25) is 4.79 Å². The summed E-state index contributed by atoms with van der Waals surface area (Å²) in [6, 6.07) is 10.7. The zero-order valence-electron chi connectivity index (χ0n) is 12.9. The molecule has 0 saturated carbocycles. The molecular weight excluding hydrogens is 292 g/mol. The molecule has 0 aliphatic rings. The van der Waals surface area contributed by atoms with E-state index in [-0.39, 0.29) is 11.7 Å². The number of carbonyl (C=O) groups excluding carboxylic acids is 1. The van der Waals surface area contributed by atoms with E-state index >= 15 is 0 Å². The fourth-order valence-corrected chi connectivity index (χ4v) is 2.19. The third kappa shape index (κ3) is 2.78. The first-order valence-electron chi connectivity index (χ1n) is 7.08. The summed E-state index contributed by atoms with van der Waals surface area (Å²) >= 11 is 0. The Morgan fingerprint density at radius 1 is 1.22 bits per heavy atom. The summed E-state index contributed by atoms with van der Waals surface area (Å²) in [6.45, 7) is 6.99.